The lowest BCUT2D eigenvalue weighted by Gasteiger charge is -1.93. The quantitative estimate of drug-likeness (QED) is 0.399. The Hall–Kier alpha value is -0.260. The molecule has 0 nitrogen and oxygen atoms in total. The zero-order valence-corrected chi connectivity index (χ0v) is 7.68. The molecule has 1 fully saturated rings. The maximum Gasteiger partial charge on any atom is -0.0233 e. The fourth-order valence-electron chi connectivity index (χ4n) is 1.27. The Labute approximate surface area is 70.7 Å². The van der Waals surface area contributed by atoms with Gasteiger partial charge < -0.3 is 0 Å². The van der Waals surface area contributed by atoms with Crippen LogP contribution in [-0.4, -0.2) is 0 Å². The lowest BCUT2D eigenvalue weighted by atomic mass is 10.1. The molecule has 0 N–H and O–H groups in total. The van der Waals surface area contributed by atoms with Crippen LogP contribution in [0.25, 0.3) is 0 Å². The van der Waals surface area contributed by atoms with Crippen LogP contribution in [0.2, 0.25) is 0 Å². The summed E-state index contributed by atoms with van der Waals surface area (Å²) in [5.74, 6) is 0.973. The minimum atomic E-state index is 0.973. The molecule has 0 spiro atoms. The van der Waals surface area contributed by atoms with Crippen LogP contribution < -0.4 is 0 Å². The highest BCUT2D eigenvalue weighted by Crippen LogP contribution is 2.30. The van der Waals surface area contributed by atoms with Gasteiger partial charge in [-0.2, -0.15) is 0 Å². The molecule has 0 amide bonds. The van der Waals surface area contributed by atoms with Crippen LogP contribution in [0.15, 0.2) is 12.2 Å². The van der Waals surface area contributed by atoms with E-state index < -0.39 is 0 Å². The third-order valence-corrected chi connectivity index (χ3v) is 2.25. The van der Waals surface area contributed by atoms with Crippen LogP contribution in [0.5, 0.6) is 0 Å². The average molecular weight is 152 g/mol. The van der Waals surface area contributed by atoms with E-state index in [1.54, 1.807) is 0 Å². The maximum atomic E-state index is 2.41. The minimum absolute atomic E-state index is 0.973. The molecule has 0 atom stereocenters. The van der Waals surface area contributed by atoms with Crippen molar-refractivity contribution in [1.82, 2.24) is 0 Å². The maximum absolute atomic E-state index is 2.41. The number of rotatable bonds is 6. The normalized spacial score (nSPS) is 17.9. The Morgan fingerprint density at radius 3 is 2.64 bits per heavy atom. The topological polar surface area (TPSA) is 0 Å². The summed E-state index contributed by atoms with van der Waals surface area (Å²) < 4.78 is 0. The Bertz CT molecular complexity index is 109. The van der Waals surface area contributed by atoms with Crippen LogP contribution in [0.3, 0.4) is 0 Å². The second-order valence-corrected chi connectivity index (χ2v) is 3.61. The van der Waals surface area contributed by atoms with Gasteiger partial charge in [-0.1, -0.05) is 38.3 Å². The molecule has 64 valence electrons. The predicted octanol–water partition coefficient (Wildman–Crippen LogP) is 3.92. The fraction of sp³-hybridized carbons (Fsp3) is 0.818. The summed E-state index contributed by atoms with van der Waals surface area (Å²) in [7, 11) is 0. The molecule has 0 aromatic carbocycles. The van der Waals surface area contributed by atoms with Gasteiger partial charge >= 0.3 is 0 Å². The molecular formula is C11H20. The molecule has 0 radical (unpaired) electrons. The van der Waals surface area contributed by atoms with Gasteiger partial charge in [0.05, 0.1) is 0 Å². The molecule has 0 aromatic rings. The van der Waals surface area contributed by atoms with Gasteiger partial charge in [0.15, 0.2) is 0 Å². The monoisotopic (exact) mass is 152 g/mol. The highest BCUT2D eigenvalue weighted by molar-refractivity contribution is 4.95. The van der Waals surface area contributed by atoms with Crippen molar-refractivity contribution in [2.24, 2.45) is 5.92 Å². The highest BCUT2D eigenvalue weighted by atomic mass is 14.2. The zero-order valence-electron chi connectivity index (χ0n) is 7.68. The van der Waals surface area contributed by atoms with E-state index in [0.29, 0.717) is 0 Å². The Morgan fingerprint density at radius 2 is 2.00 bits per heavy atom. The third-order valence-electron chi connectivity index (χ3n) is 2.25. The molecule has 1 rings (SSSR count). The molecular weight excluding hydrogens is 132 g/mol. The van der Waals surface area contributed by atoms with E-state index in [0.717, 1.165) is 5.92 Å². The summed E-state index contributed by atoms with van der Waals surface area (Å²) in [5.41, 5.74) is 0. The van der Waals surface area contributed by atoms with Gasteiger partial charge in [0.1, 0.15) is 0 Å². The lowest BCUT2D eigenvalue weighted by Crippen LogP contribution is -1.73. The van der Waals surface area contributed by atoms with Crippen LogP contribution in [0.4, 0.5) is 0 Å². The van der Waals surface area contributed by atoms with Gasteiger partial charge in [-0.25, -0.2) is 0 Å². The summed E-state index contributed by atoms with van der Waals surface area (Å²) in [6, 6.07) is 0. The van der Waals surface area contributed by atoms with E-state index >= 15 is 0 Å². The first-order chi connectivity index (χ1) is 5.43. The SMILES string of the molecule is CCCCCCC=CC1CC1. The summed E-state index contributed by atoms with van der Waals surface area (Å²) in [6.07, 6.45) is 14.6. The number of hydrogen-bond acceptors (Lipinski definition) is 0. The number of hydrogen-bond donors (Lipinski definition) is 0. The molecule has 1 aliphatic carbocycles. The summed E-state index contributed by atoms with van der Waals surface area (Å²) in [5, 5.41) is 0. The first kappa shape index (κ1) is 8.83. The van der Waals surface area contributed by atoms with Gasteiger partial charge in [0, 0.05) is 0 Å². The van der Waals surface area contributed by atoms with Crippen LogP contribution in [-0.2, 0) is 0 Å². The standard InChI is InChI=1S/C11H20/c1-2-3-4-5-6-7-8-11-9-10-11/h7-8,11H,2-6,9-10H2,1H3. The van der Waals surface area contributed by atoms with E-state index in [-0.39, 0.29) is 0 Å². The van der Waals surface area contributed by atoms with E-state index in [2.05, 4.69) is 19.1 Å². The fourth-order valence-corrected chi connectivity index (χ4v) is 1.27. The summed E-state index contributed by atoms with van der Waals surface area (Å²) in [4.78, 5) is 0. The van der Waals surface area contributed by atoms with Crippen molar-refractivity contribution < 1.29 is 0 Å². The molecule has 0 aromatic heterocycles. The molecule has 1 aliphatic rings. The predicted molar refractivity (Wildman–Crippen MR) is 50.6 cm³/mol. The molecule has 0 heteroatoms. The molecule has 0 heterocycles. The van der Waals surface area contributed by atoms with Crippen LogP contribution >= 0.6 is 0 Å². The highest BCUT2D eigenvalue weighted by Gasteiger charge is 2.16. The molecule has 0 bridgehead atoms. The van der Waals surface area contributed by atoms with Gasteiger partial charge in [-0.05, 0) is 31.6 Å². The van der Waals surface area contributed by atoms with Crippen LogP contribution in [0, 0.1) is 5.92 Å². The second kappa shape index (κ2) is 5.40. The summed E-state index contributed by atoms with van der Waals surface area (Å²) >= 11 is 0. The van der Waals surface area contributed by atoms with Gasteiger partial charge in [0.25, 0.3) is 0 Å². The van der Waals surface area contributed by atoms with E-state index in [9.17, 15) is 0 Å². The first-order valence-electron chi connectivity index (χ1n) is 5.10. The number of unbranched alkanes of at least 4 members (excludes halogenated alkanes) is 4. The molecule has 0 unspecified atom stereocenters. The van der Waals surface area contributed by atoms with E-state index in [4.69, 9.17) is 0 Å². The molecule has 11 heavy (non-hydrogen) atoms. The molecule has 1 saturated carbocycles. The van der Waals surface area contributed by atoms with Crippen molar-refractivity contribution in [1.29, 1.82) is 0 Å². The Balaban J connectivity index is 1.79. The van der Waals surface area contributed by atoms with Gasteiger partial charge in [-0.15, -0.1) is 0 Å². The smallest absolute Gasteiger partial charge is 0.0233 e. The third kappa shape index (κ3) is 5.06. The first-order valence-corrected chi connectivity index (χ1v) is 5.10. The van der Waals surface area contributed by atoms with E-state index in [1.807, 2.05) is 0 Å². The summed E-state index contributed by atoms with van der Waals surface area (Å²) in [6.45, 7) is 2.26. The molecule has 0 saturated heterocycles. The van der Waals surface area contributed by atoms with E-state index in [1.165, 1.54) is 44.9 Å². The van der Waals surface area contributed by atoms with Crippen molar-refractivity contribution in [2.45, 2.75) is 51.9 Å². The lowest BCUT2D eigenvalue weighted by molar-refractivity contribution is 0.673. The van der Waals surface area contributed by atoms with Crippen molar-refractivity contribution in [2.75, 3.05) is 0 Å². The van der Waals surface area contributed by atoms with Gasteiger partial charge in [-0.3, -0.25) is 0 Å². The largest absolute Gasteiger partial charge is 0.0883 e. The Kier molecular flexibility index (Phi) is 4.33. The van der Waals surface area contributed by atoms with Crippen molar-refractivity contribution in [3.05, 3.63) is 12.2 Å². The Morgan fingerprint density at radius 1 is 1.18 bits per heavy atom. The average Bonchev–Trinajstić information content (AvgIpc) is 2.80. The van der Waals surface area contributed by atoms with Crippen molar-refractivity contribution >= 4 is 0 Å². The number of allylic oxidation sites excluding steroid dienone is 2. The minimum Gasteiger partial charge on any atom is -0.0883 e. The van der Waals surface area contributed by atoms with Crippen LogP contribution in [0.1, 0.15) is 51.9 Å². The zero-order chi connectivity index (χ0) is 7.94. The second-order valence-electron chi connectivity index (χ2n) is 3.61. The van der Waals surface area contributed by atoms with Gasteiger partial charge in [0.2, 0.25) is 0 Å². The van der Waals surface area contributed by atoms with Crippen molar-refractivity contribution in [3.8, 4) is 0 Å². The molecule has 0 aliphatic heterocycles. The van der Waals surface area contributed by atoms with Crippen molar-refractivity contribution in [3.63, 3.8) is 0 Å².